The number of rotatable bonds is 3. The first-order chi connectivity index (χ1) is 8.47. The van der Waals surface area contributed by atoms with Gasteiger partial charge < -0.3 is 5.73 Å². The van der Waals surface area contributed by atoms with Crippen molar-refractivity contribution >= 4 is 11.6 Å². The number of benzene rings is 2. The molecule has 94 valence electrons. The summed E-state index contributed by atoms with van der Waals surface area (Å²) in [5.74, 6) is -0.236. The molecule has 2 rings (SSSR count). The van der Waals surface area contributed by atoms with Crippen LogP contribution >= 0.6 is 11.6 Å². The second kappa shape index (κ2) is 5.09. The molecule has 0 saturated carbocycles. The molecule has 0 heterocycles. The molecule has 0 aliphatic rings. The molecule has 2 aromatic rings. The Morgan fingerprint density at radius 3 is 2.44 bits per heavy atom. The van der Waals surface area contributed by atoms with Crippen molar-refractivity contribution in [1.29, 1.82) is 0 Å². The molecule has 0 aliphatic heterocycles. The van der Waals surface area contributed by atoms with Crippen LogP contribution in [0.25, 0.3) is 0 Å². The highest BCUT2D eigenvalue weighted by Gasteiger charge is 2.21. The van der Waals surface area contributed by atoms with Crippen molar-refractivity contribution in [1.82, 2.24) is 0 Å². The van der Waals surface area contributed by atoms with E-state index in [9.17, 15) is 4.39 Å². The van der Waals surface area contributed by atoms with E-state index in [0.717, 1.165) is 11.1 Å². The van der Waals surface area contributed by atoms with Gasteiger partial charge in [0.15, 0.2) is 0 Å². The Hall–Kier alpha value is -1.38. The normalized spacial score (nSPS) is 14.2. The van der Waals surface area contributed by atoms with Crippen molar-refractivity contribution < 1.29 is 4.39 Å². The maximum Gasteiger partial charge on any atom is 0.123 e. The van der Waals surface area contributed by atoms with Crippen LogP contribution in [-0.2, 0) is 12.0 Å². The van der Waals surface area contributed by atoms with E-state index in [4.69, 9.17) is 17.3 Å². The summed E-state index contributed by atoms with van der Waals surface area (Å²) >= 11 is 5.97. The first-order valence-corrected chi connectivity index (χ1v) is 6.14. The summed E-state index contributed by atoms with van der Waals surface area (Å²) in [5, 5.41) is 0.670. The van der Waals surface area contributed by atoms with E-state index >= 15 is 0 Å². The lowest BCUT2D eigenvalue weighted by Gasteiger charge is -2.25. The van der Waals surface area contributed by atoms with Crippen LogP contribution in [0.15, 0.2) is 48.5 Å². The molecule has 0 aromatic heterocycles. The summed E-state index contributed by atoms with van der Waals surface area (Å²) in [6, 6.07) is 13.9. The van der Waals surface area contributed by atoms with Crippen molar-refractivity contribution in [3.63, 3.8) is 0 Å². The minimum atomic E-state index is -0.525. The van der Waals surface area contributed by atoms with Gasteiger partial charge in [-0.2, -0.15) is 0 Å². The Bertz CT molecular complexity index is 534. The average Bonchev–Trinajstić information content (AvgIpc) is 2.32. The predicted molar refractivity (Wildman–Crippen MR) is 73.1 cm³/mol. The molecule has 0 bridgehead atoms. The van der Waals surface area contributed by atoms with Gasteiger partial charge in [0.1, 0.15) is 5.82 Å². The van der Waals surface area contributed by atoms with Crippen LogP contribution in [0.3, 0.4) is 0 Å². The Morgan fingerprint density at radius 2 is 1.83 bits per heavy atom. The molecule has 2 aromatic carbocycles. The topological polar surface area (TPSA) is 26.0 Å². The van der Waals surface area contributed by atoms with E-state index in [1.165, 1.54) is 12.1 Å². The number of nitrogens with two attached hydrogens (primary N) is 1. The monoisotopic (exact) mass is 263 g/mol. The van der Waals surface area contributed by atoms with Crippen LogP contribution in [0.4, 0.5) is 4.39 Å². The molecule has 0 saturated heterocycles. The van der Waals surface area contributed by atoms with Crippen LogP contribution in [0.5, 0.6) is 0 Å². The molecule has 18 heavy (non-hydrogen) atoms. The van der Waals surface area contributed by atoms with Crippen molar-refractivity contribution in [2.24, 2.45) is 5.73 Å². The fourth-order valence-electron chi connectivity index (χ4n) is 1.97. The zero-order valence-corrected chi connectivity index (χ0v) is 10.9. The van der Waals surface area contributed by atoms with Gasteiger partial charge in [0.2, 0.25) is 0 Å². The molecule has 0 aliphatic carbocycles. The smallest absolute Gasteiger partial charge is 0.123 e. The minimum Gasteiger partial charge on any atom is -0.321 e. The van der Waals surface area contributed by atoms with Crippen molar-refractivity contribution in [2.75, 3.05) is 0 Å². The Balaban J connectivity index is 2.23. The van der Waals surface area contributed by atoms with Gasteiger partial charge >= 0.3 is 0 Å². The zero-order valence-electron chi connectivity index (χ0n) is 10.2. The summed E-state index contributed by atoms with van der Waals surface area (Å²) in [6.07, 6.45) is 0.633. The lowest BCUT2D eigenvalue weighted by molar-refractivity contribution is 0.491. The van der Waals surface area contributed by atoms with E-state index < -0.39 is 5.54 Å². The van der Waals surface area contributed by atoms with Gasteiger partial charge in [-0.1, -0.05) is 35.9 Å². The molecule has 2 N–H and O–H groups in total. The summed E-state index contributed by atoms with van der Waals surface area (Å²) < 4.78 is 12.8. The summed E-state index contributed by atoms with van der Waals surface area (Å²) in [4.78, 5) is 0. The molecule has 0 radical (unpaired) electrons. The molecule has 0 fully saturated rings. The molecule has 0 spiro atoms. The Kier molecular flexibility index (Phi) is 3.69. The molecular weight excluding hydrogens is 249 g/mol. The fraction of sp³-hybridized carbons (Fsp3) is 0.200. The van der Waals surface area contributed by atoms with Crippen LogP contribution in [0, 0.1) is 5.82 Å². The average molecular weight is 264 g/mol. The SMILES string of the molecule is CC(N)(Cc1ccc(F)cc1)c1cccc(Cl)c1. The van der Waals surface area contributed by atoms with Crippen molar-refractivity contribution in [2.45, 2.75) is 18.9 Å². The van der Waals surface area contributed by atoms with Gasteiger partial charge in [0.25, 0.3) is 0 Å². The van der Waals surface area contributed by atoms with Crippen LogP contribution in [0.1, 0.15) is 18.1 Å². The van der Waals surface area contributed by atoms with Gasteiger partial charge in [-0.3, -0.25) is 0 Å². The highest BCUT2D eigenvalue weighted by Crippen LogP contribution is 2.25. The van der Waals surface area contributed by atoms with Crippen LogP contribution in [-0.4, -0.2) is 0 Å². The molecule has 1 unspecified atom stereocenters. The molecular formula is C15H15ClFN. The third kappa shape index (κ3) is 3.09. The first-order valence-electron chi connectivity index (χ1n) is 5.77. The highest BCUT2D eigenvalue weighted by molar-refractivity contribution is 6.30. The standard InChI is InChI=1S/C15H15ClFN/c1-15(18,12-3-2-4-13(16)9-12)10-11-5-7-14(17)8-6-11/h2-9H,10,18H2,1H3. The second-order valence-corrected chi connectivity index (χ2v) is 5.17. The lowest BCUT2D eigenvalue weighted by Crippen LogP contribution is -2.35. The summed E-state index contributed by atoms with van der Waals surface area (Å²) in [5.41, 5.74) is 7.77. The van der Waals surface area contributed by atoms with E-state index in [0.29, 0.717) is 11.4 Å². The predicted octanol–water partition coefficient (Wildman–Crippen LogP) is 3.90. The van der Waals surface area contributed by atoms with Crippen molar-refractivity contribution in [3.05, 3.63) is 70.5 Å². The van der Waals surface area contributed by atoms with Crippen LogP contribution in [0.2, 0.25) is 5.02 Å². The number of hydrogen-bond acceptors (Lipinski definition) is 1. The molecule has 0 amide bonds. The van der Waals surface area contributed by atoms with E-state index in [-0.39, 0.29) is 5.82 Å². The molecule has 1 nitrogen and oxygen atoms in total. The maximum absolute atomic E-state index is 12.8. The fourth-order valence-corrected chi connectivity index (χ4v) is 2.16. The summed E-state index contributed by atoms with van der Waals surface area (Å²) in [7, 11) is 0. The van der Waals surface area contributed by atoms with Gasteiger partial charge in [0, 0.05) is 10.6 Å². The van der Waals surface area contributed by atoms with E-state index in [1.807, 2.05) is 31.2 Å². The minimum absolute atomic E-state index is 0.236. The summed E-state index contributed by atoms with van der Waals surface area (Å²) in [6.45, 7) is 1.95. The quantitative estimate of drug-likeness (QED) is 0.893. The molecule has 1 atom stereocenters. The third-order valence-electron chi connectivity index (χ3n) is 2.97. The van der Waals surface area contributed by atoms with Gasteiger partial charge in [-0.25, -0.2) is 4.39 Å². The Morgan fingerprint density at radius 1 is 1.17 bits per heavy atom. The number of hydrogen-bond donors (Lipinski definition) is 1. The first kappa shape index (κ1) is 13.1. The number of halogens is 2. The zero-order chi connectivity index (χ0) is 13.2. The lowest BCUT2D eigenvalue weighted by atomic mass is 9.87. The van der Waals surface area contributed by atoms with Gasteiger partial charge in [-0.05, 0) is 48.7 Å². The highest BCUT2D eigenvalue weighted by atomic mass is 35.5. The third-order valence-corrected chi connectivity index (χ3v) is 3.20. The second-order valence-electron chi connectivity index (χ2n) is 4.73. The maximum atomic E-state index is 12.8. The van der Waals surface area contributed by atoms with Gasteiger partial charge in [-0.15, -0.1) is 0 Å². The van der Waals surface area contributed by atoms with E-state index in [1.54, 1.807) is 12.1 Å². The van der Waals surface area contributed by atoms with Crippen molar-refractivity contribution in [3.8, 4) is 0 Å². The molecule has 3 heteroatoms. The van der Waals surface area contributed by atoms with Gasteiger partial charge in [0.05, 0.1) is 0 Å². The van der Waals surface area contributed by atoms with Crippen LogP contribution < -0.4 is 5.73 Å². The Labute approximate surface area is 111 Å². The largest absolute Gasteiger partial charge is 0.321 e. The van der Waals surface area contributed by atoms with E-state index in [2.05, 4.69) is 0 Å².